The second-order valence-electron chi connectivity index (χ2n) is 12.7. The molecule has 4 rings (SSSR count). The largest absolute Gasteiger partial charge is 0.746 e. The number of aliphatic hydroxyl groups excluding tert-OH is 1. The van der Waals surface area contributed by atoms with Gasteiger partial charge in [0.25, 0.3) is 0 Å². The average Bonchev–Trinajstić information content (AvgIpc) is 3.63. The number of carbonyl (C=O) groups excluding carboxylic acids is 3. The minimum Gasteiger partial charge on any atom is -0.746 e. The summed E-state index contributed by atoms with van der Waals surface area (Å²) < 4.78 is 35.3. The fourth-order valence-corrected chi connectivity index (χ4v) is 7.13. The number of nitrogens with zero attached hydrogens (tertiary/aromatic N) is 1. The third-order valence-electron chi connectivity index (χ3n) is 8.81. The molecule has 2 aliphatic rings. The van der Waals surface area contributed by atoms with Crippen LogP contribution in [0.1, 0.15) is 63.5 Å². The van der Waals surface area contributed by atoms with Crippen LogP contribution in [0.5, 0.6) is 0 Å². The molecule has 11 nitrogen and oxygen atoms in total. The molecule has 1 aliphatic carbocycles. The van der Waals surface area contributed by atoms with Gasteiger partial charge in [-0.1, -0.05) is 80.9 Å². The van der Waals surface area contributed by atoms with E-state index in [1.54, 1.807) is 4.90 Å². The van der Waals surface area contributed by atoms with Gasteiger partial charge in [0.2, 0.25) is 11.8 Å². The summed E-state index contributed by atoms with van der Waals surface area (Å²) in [6.45, 7) is 4.49. The highest BCUT2D eigenvalue weighted by molar-refractivity contribution is 7.86. The van der Waals surface area contributed by atoms with Crippen LogP contribution in [-0.2, 0) is 32.7 Å². The summed E-state index contributed by atoms with van der Waals surface area (Å²) in [6.07, 6.45) is 3.94. The van der Waals surface area contributed by atoms with E-state index < -0.39 is 45.5 Å². The molecule has 2 fully saturated rings. The molecule has 1 heterocycles. The Morgan fingerprint density at radius 3 is 2.22 bits per heavy atom. The Morgan fingerprint density at radius 1 is 1.00 bits per heavy atom. The van der Waals surface area contributed by atoms with E-state index in [2.05, 4.69) is 28.1 Å². The first-order valence-corrected chi connectivity index (χ1v) is 17.2. The molecule has 0 radical (unpaired) electrons. The van der Waals surface area contributed by atoms with E-state index in [0.29, 0.717) is 19.5 Å². The van der Waals surface area contributed by atoms with Crippen molar-refractivity contribution in [3.05, 3.63) is 71.8 Å². The van der Waals surface area contributed by atoms with Gasteiger partial charge in [-0.15, -0.1) is 0 Å². The monoisotopic (exact) mass is 641 g/mol. The van der Waals surface area contributed by atoms with Gasteiger partial charge in [0, 0.05) is 25.0 Å². The topological polar surface area (TPSA) is 168 Å². The maximum atomic E-state index is 14.1. The molecule has 4 amide bonds. The molecule has 3 unspecified atom stereocenters. The third-order valence-corrected chi connectivity index (χ3v) is 9.73. The predicted molar refractivity (Wildman–Crippen MR) is 168 cm³/mol. The number of carbonyl (C=O) groups is 3. The lowest BCUT2D eigenvalue weighted by Gasteiger charge is -2.35. The van der Waals surface area contributed by atoms with E-state index in [4.69, 9.17) is 0 Å². The number of amides is 4. The molecule has 4 N–H and O–H groups in total. The Hall–Kier alpha value is -3.48. The van der Waals surface area contributed by atoms with Crippen LogP contribution in [0.3, 0.4) is 0 Å². The highest BCUT2D eigenvalue weighted by Crippen LogP contribution is 2.34. The fourth-order valence-electron chi connectivity index (χ4n) is 6.54. The van der Waals surface area contributed by atoms with Crippen LogP contribution in [0.25, 0.3) is 0 Å². The van der Waals surface area contributed by atoms with E-state index in [1.165, 1.54) is 5.56 Å². The van der Waals surface area contributed by atoms with Crippen molar-refractivity contribution < 1.29 is 32.5 Å². The maximum absolute atomic E-state index is 14.1. The summed E-state index contributed by atoms with van der Waals surface area (Å²) in [5.41, 5.74) is -0.306. The third kappa shape index (κ3) is 9.75. The van der Waals surface area contributed by atoms with Gasteiger partial charge in [0.05, 0.1) is 6.04 Å². The zero-order valence-corrected chi connectivity index (χ0v) is 26.7. The van der Waals surface area contributed by atoms with Crippen LogP contribution in [0.2, 0.25) is 0 Å². The lowest BCUT2D eigenvalue weighted by atomic mass is 9.93. The Labute approximate surface area is 265 Å². The number of aliphatic hydroxyl groups is 1. The molecule has 0 spiro atoms. The molecular weight excluding hydrogens is 596 g/mol. The van der Waals surface area contributed by atoms with Crippen LogP contribution >= 0.6 is 0 Å². The van der Waals surface area contributed by atoms with Gasteiger partial charge in [0.1, 0.15) is 16.2 Å². The van der Waals surface area contributed by atoms with Crippen LogP contribution in [0.15, 0.2) is 60.7 Å². The highest BCUT2D eigenvalue weighted by Gasteiger charge is 2.38. The molecule has 246 valence electrons. The molecule has 45 heavy (non-hydrogen) atoms. The zero-order chi connectivity index (χ0) is 32.6. The summed E-state index contributed by atoms with van der Waals surface area (Å²) in [7, 11) is -5.21. The number of benzene rings is 2. The van der Waals surface area contributed by atoms with E-state index in [0.717, 1.165) is 31.2 Å². The molecule has 1 aliphatic heterocycles. The van der Waals surface area contributed by atoms with Gasteiger partial charge in [-0.2, -0.15) is 0 Å². The van der Waals surface area contributed by atoms with Crippen LogP contribution in [0, 0.1) is 17.8 Å². The van der Waals surface area contributed by atoms with Gasteiger partial charge >= 0.3 is 6.03 Å². The molecule has 1 saturated carbocycles. The van der Waals surface area contributed by atoms with Crippen LogP contribution < -0.4 is 16.0 Å². The van der Waals surface area contributed by atoms with Gasteiger partial charge in [0.15, 0.2) is 5.44 Å². The van der Waals surface area contributed by atoms with E-state index >= 15 is 0 Å². The number of nitrogens with one attached hydrogen (secondary N) is 3. The van der Waals surface area contributed by atoms with Crippen LogP contribution in [0.4, 0.5) is 4.79 Å². The fraction of sp³-hybridized carbons (Fsp3) is 0.545. The Morgan fingerprint density at radius 2 is 1.64 bits per heavy atom. The lowest BCUT2D eigenvalue weighted by Crippen LogP contribution is -2.57. The minimum absolute atomic E-state index is 0.0341. The van der Waals surface area contributed by atoms with Crippen LogP contribution in [-0.4, -0.2) is 70.9 Å². The first kappa shape index (κ1) is 34.4. The van der Waals surface area contributed by atoms with Gasteiger partial charge in [-0.05, 0) is 61.5 Å². The highest BCUT2D eigenvalue weighted by atomic mass is 32.2. The summed E-state index contributed by atoms with van der Waals surface area (Å²) in [6, 6.07) is 16.7. The van der Waals surface area contributed by atoms with Crippen molar-refractivity contribution in [1.82, 2.24) is 20.9 Å². The Kier molecular flexibility index (Phi) is 12.0. The van der Waals surface area contributed by atoms with Crippen molar-refractivity contribution in [1.29, 1.82) is 0 Å². The standard InChI is InChI=1S/C33H46N4O7S/c1-22(2)18-27(31(39)35-28(32(40)45(42,43)44)20-26-16-17-34-30(26)38)36-33(41)37(21-24-12-7-4-8-13-24)29-15-9-14-25(29)19-23-10-5-3-6-11-23/h3-8,10-13,22,25-29,32,40H,9,14-21H2,1-2H3,(H,34,38)(H,35,39)(H,36,41)(H,42,43,44)/p-1/t25?,26-,27-,28-,29?,32?/m0/s1. The molecule has 0 aromatic heterocycles. The van der Waals surface area contributed by atoms with Crippen molar-refractivity contribution in [2.24, 2.45) is 17.8 Å². The maximum Gasteiger partial charge on any atom is 0.318 e. The molecule has 2 aromatic carbocycles. The number of hydrogen-bond donors (Lipinski definition) is 4. The molecule has 2 aromatic rings. The number of hydrogen-bond acceptors (Lipinski definition) is 7. The summed E-state index contributed by atoms with van der Waals surface area (Å²) in [5.74, 6) is -1.55. The quantitative estimate of drug-likeness (QED) is 0.230. The second kappa shape index (κ2) is 15.7. The van der Waals surface area contributed by atoms with Gasteiger partial charge < -0.3 is 30.5 Å². The average molecular weight is 642 g/mol. The summed E-state index contributed by atoms with van der Waals surface area (Å²) in [4.78, 5) is 41.8. The number of urea groups is 1. The lowest BCUT2D eigenvalue weighted by molar-refractivity contribution is -0.126. The molecule has 1 saturated heterocycles. The van der Waals surface area contributed by atoms with Gasteiger partial charge in [-0.3, -0.25) is 9.59 Å². The van der Waals surface area contributed by atoms with Crippen molar-refractivity contribution >= 4 is 28.0 Å². The Bertz CT molecular complexity index is 1390. The molecule has 6 atom stereocenters. The number of rotatable bonds is 14. The SMILES string of the molecule is CC(C)C[C@H](NC(=O)N(Cc1ccccc1)C1CCCC1Cc1ccccc1)C(=O)N[C@@H](C[C@@H]1CCNC1=O)C(O)S(=O)(=O)[O-]. The zero-order valence-electron chi connectivity index (χ0n) is 25.9. The molecule has 0 bridgehead atoms. The van der Waals surface area contributed by atoms with Crippen molar-refractivity contribution in [2.45, 2.75) is 88.9 Å². The van der Waals surface area contributed by atoms with E-state index in [9.17, 15) is 32.5 Å². The smallest absolute Gasteiger partial charge is 0.318 e. The normalized spacial score (nSPS) is 22.0. The first-order chi connectivity index (χ1) is 21.4. The molecular formula is C33H45N4O7S-. The van der Waals surface area contributed by atoms with Gasteiger partial charge in [-0.25, -0.2) is 13.2 Å². The van der Waals surface area contributed by atoms with Crippen molar-refractivity contribution in [3.63, 3.8) is 0 Å². The second-order valence-corrected chi connectivity index (χ2v) is 14.2. The Balaban J connectivity index is 1.56. The van der Waals surface area contributed by atoms with Crippen molar-refractivity contribution in [2.75, 3.05) is 6.54 Å². The summed E-state index contributed by atoms with van der Waals surface area (Å²) in [5, 5.41) is 18.4. The molecule has 12 heteroatoms. The van der Waals surface area contributed by atoms with E-state index in [1.807, 2.05) is 62.4 Å². The summed E-state index contributed by atoms with van der Waals surface area (Å²) >= 11 is 0. The minimum atomic E-state index is -5.21. The predicted octanol–water partition coefficient (Wildman–Crippen LogP) is 2.90. The first-order valence-electron chi connectivity index (χ1n) is 15.8. The van der Waals surface area contributed by atoms with Crippen molar-refractivity contribution in [3.8, 4) is 0 Å². The van der Waals surface area contributed by atoms with E-state index in [-0.39, 0.29) is 36.6 Å².